The largest absolute Gasteiger partial charge is 0.428 e. The van der Waals surface area contributed by atoms with E-state index in [0.717, 1.165) is 36.4 Å². The number of halogens is 8. The quantitative estimate of drug-likeness (QED) is 0.339. The van der Waals surface area contributed by atoms with Crippen molar-refractivity contribution in [2.45, 2.75) is 12.4 Å². The molecule has 0 atom stereocenters. The summed E-state index contributed by atoms with van der Waals surface area (Å²) in [6.07, 6.45) is -11.4. The van der Waals surface area contributed by atoms with Gasteiger partial charge in [0, 0.05) is 5.57 Å². The predicted octanol–water partition coefficient (Wildman–Crippen LogP) is 6.03. The molecule has 0 aromatic heterocycles. The zero-order chi connectivity index (χ0) is 18.6. The molecule has 0 aliphatic heterocycles. The molecule has 0 amide bonds. The van der Waals surface area contributed by atoms with Crippen molar-refractivity contribution >= 4 is 5.57 Å². The summed E-state index contributed by atoms with van der Waals surface area (Å²) in [6.45, 7) is 0. The lowest BCUT2D eigenvalue weighted by atomic mass is 10.0. The van der Waals surface area contributed by atoms with Crippen molar-refractivity contribution in [2.24, 2.45) is 0 Å². The van der Waals surface area contributed by atoms with Crippen LogP contribution in [0.3, 0.4) is 0 Å². The van der Waals surface area contributed by atoms with E-state index < -0.39 is 35.1 Å². The van der Waals surface area contributed by atoms with E-state index in [9.17, 15) is 35.1 Å². The van der Waals surface area contributed by atoms with Crippen LogP contribution in [0, 0.1) is 11.6 Å². The standard InChI is InChI=1S/C17H6F8/c18-8-1-3-10-12(5-8)13-6-9(19)2-4-11(13)14(10)7-15(16(20,21)22)17(23,24)25/h1-6H. The molecule has 2 aromatic rings. The zero-order valence-corrected chi connectivity index (χ0v) is 12.0. The third kappa shape index (κ3) is 3.05. The van der Waals surface area contributed by atoms with Gasteiger partial charge in [0.05, 0.1) is 0 Å². The van der Waals surface area contributed by atoms with Gasteiger partial charge in [0.25, 0.3) is 0 Å². The number of hydrogen-bond donors (Lipinski definition) is 0. The average Bonchev–Trinajstić information content (AvgIpc) is 2.75. The molecule has 0 saturated heterocycles. The summed E-state index contributed by atoms with van der Waals surface area (Å²) in [5.41, 5.74) is -2.13. The highest BCUT2D eigenvalue weighted by molar-refractivity contribution is 6.01. The molecule has 0 nitrogen and oxygen atoms in total. The number of alkyl halides is 6. The first-order valence-corrected chi connectivity index (χ1v) is 6.74. The highest BCUT2D eigenvalue weighted by Crippen LogP contribution is 2.46. The molecule has 0 fully saturated rings. The van der Waals surface area contributed by atoms with Crippen LogP contribution in [0.5, 0.6) is 0 Å². The van der Waals surface area contributed by atoms with E-state index in [1.54, 1.807) is 0 Å². The summed E-state index contributed by atoms with van der Waals surface area (Å²) in [6, 6.07) is 5.70. The number of benzene rings is 2. The normalized spacial score (nSPS) is 13.4. The maximum Gasteiger partial charge on any atom is 0.428 e. The van der Waals surface area contributed by atoms with Crippen molar-refractivity contribution in [2.75, 3.05) is 0 Å². The molecule has 0 unspecified atom stereocenters. The maximum absolute atomic E-state index is 13.4. The lowest BCUT2D eigenvalue weighted by Gasteiger charge is -2.13. The Morgan fingerprint density at radius 3 is 1.40 bits per heavy atom. The molecule has 25 heavy (non-hydrogen) atoms. The molecule has 0 N–H and O–H groups in total. The van der Waals surface area contributed by atoms with Crippen molar-refractivity contribution < 1.29 is 35.1 Å². The van der Waals surface area contributed by atoms with Crippen LogP contribution in [0.4, 0.5) is 35.1 Å². The molecule has 0 heterocycles. The summed E-state index contributed by atoms with van der Waals surface area (Å²) >= 11 is 0. The van der Waals surface area contributed by atoms with E-state index >= 15 is 0 Å². The minimum Gasteiger partial charge on any atom is -0.207 e. The van der Waals surface area contributed by atoms with Crippen LogP contribution in [0.1, 0.15) is 11.1 Å². The molecule has 0 bridgehead atoms. The number of rotatable bonds is 0. The smallest absolute Gasteiger partial charge is 0.207 e. The van der Waals surface area contributed by atoms with Gasteiger partial charge in [-0.15, -0.1) is 0 Å². The van der Waals surface area contributed by atoms with E-state index in [-0.39, 0.29) is 22.3 Å². The Morgan fingerprint density at radius 2 is 1.04 bits per heavy atom. The van der Waals surface area contributed by atoms with Gasteiger partial charge in [-0.1, -0.05) is 17.9 Å². The Morgan fingerprint density at radius 1 is 0.640 bits per heavy atom. The molecular weight excluding hydrogens is 356 g/mol. The Hall–Kier alpha value is -2.60. The van der Waals surface area contributed by atoms with Crippen LogP contribution in [0.25, 0.3) is 16.7 Å². The second-order valence-corrected chi connectivity index (χ2v) is 5.25. The average molecular weight is 362 g/mol. The minimum absolute atomic E-state index is 0.000647. The van der Waals surface area contributed by atoms with Crippen molar-refractivity contribution in [3.63, 3.8) is 0 Å². The highest BCUT2D eigenvalue weighted by Gasteiger charge is 2.51. The summed E-state index contributed by atoms with van der Waals surface area (Å²) in [5, 5.41) is 0. The third-order valence-electron chi connectivity index (χ3n) is 3.61. The van der Waals surface area contributed by atoms with E-state index in [2.05, 4.69) is 0 Å². The second-order valence-electron chi connectivity index (χ2n) is 5.25. The lowest BCUT2D eigenvalue weighted by Crippen LogP contribution is -2.25. The number of hydrogen-bond acceptors (Lipinski definition) is 0. The van der Waals surface area contributed by atoms with Crippen LogP contribution >= 0.6 is 0 Å². The highest BCUT2D eigenvalue weighted by atomic mass is 19.4. The van der Waals surface area contributed by atoms with Gasteiger partial charge in [0.15, 0.2) is 5.57 Å². The molecule has 1 aliphatic carbocycles. The first-order chi connectivity index (χ1) is 11.5. The molecule has 3 rings (SSSR count). The van der Waals surface area contributed by atoms with Crippen molar-refractivity contribution in [1.82, 2.24) is 0 Å². The number of fused-ring (bicyclic) bond motifs is 3. The van der Waals surface area contributed by atoms with Crippen molar-refractivity contribution in [3.05, 3.63) is 70.5 Å². The van der Waals surface area contributed by atoms with Crippen LogP contribution in [-0.4, -0.2) is 12.4 Å². The Bertz CT molecular complexity index is 855. The molecule has 8 heteroatoms. The Kier molecular flexibility index (Phi) is 3.76. The van der Waals surface area contributed by atoms with E-state index in [0.29, 0.717) is 0 Å². The van der Waals surface area contributed by atoms with Gasteiger partial charge < -0.3 is 0 Å². The molecule has 0 radical (unpaired) electrons. The SMILES string of the molecule is Fc1ccc2c(c1)-c1cc(F)ccc1C2=C=C(C(F)(F)F)C(F)(F)F. The van der Waals surface area contributed by atoms with Crippen molar-refractivity contribution in [3.8, 4) is 11.1 Å². The van der Waals surface area contributed by atoms with Gasteiger partial charge in [-0.3, -0.25) is 0 Å². The second kappa shape index (κ2) is 5.46. The van der Waals surface area contributed by atoms with Crippen molar-refractivity contribution in [1.29, 1.82) is 0 Å². The summed E-state index contributed by atoms with van der Waals surface area (Å²) in [5.74, 6) is -1.52. The van der Waals surface area contributed by atoms with Crippen LogP contribution in [0.15, 0.2) is 47.7 Å². The molecule has 2 aromatic carbocycles. The first kappa shape index (κ1) is 17.2. The van der Waals surface area contributed by atoms with Crippen LogP contribution in [0.2, 0.25) is 0 Å². The van der Waals surface area contributed by atoms with Gasteiger partial charge in [0.2, 0.25) is 0 Å². The van der Waals surface area contributed by atoms with E-state index in [1.807, 2.05) is 0 Å². The zero-order valence-electron chi connectivity index (χ0n) is 12.0. The van der Waals surface area contributed by atoms with Gasteiger partial charge in [-0.25, -0.2) is 8.78 Å². The molecule has 0 spiro atoms. The molecular formula is C17H6F8. The predicted molar refractivity (Wildman–Crippen MR) is 73.4 cm³/mol. The molecule has 0 saturated carbocycles. The molecule has 130 valence electrons. The number of allylic oxidation sites excluding steroid dienone is 1. The fraction of sp³-hybridized carbons (Fsp3) is 0.118. The van der Waals surface area contributed by atoms with E-state index in [1.165, 1.54) is 5.73 Å². The monoisotopic (exact) mass is 362 g/mol. The Balaban J connectivity index is 2.44. The third-order valence-corrected chi connectivity index (χ3v) is 3.61. The topological polar surface area (TPSA) is 0 Å². The van der Waals surface area contributed by atoms with Crippen LogP contribution < -0.4 is 0 Å². The summed E-state index contributed by atoms with van der Waals surface area (Å²) in [7, 11) is 0. The maximum atomic E-state index is 13.4. The van der Waals surface area contributed by atoms with Gasteiger partial charge >= 0.3 is 12.4 Å². The lowest BCUT2D eigenvalue weighted by molar-refractivity contribution is -0.171. The Labute approximate surface area is 135 Å². The van der Waals surface area contributed by atoms with E-state index in [4.69, 9.17) is 0 Å². The fourth-order valence-corrected chi connectivity index (χ4v) is 2.62. The van der Waals surface area contributed by atoms with Gasteiger partial charge in [0.1, 0.15) is 11.6 Å². The summed E-state index contributed by atoms with van der Waals surface area (Å²) < 4.78 is 104. The minimum atomic E-state index is -5.69. The molecule has 1 aliphatic rings. The summed E-state index contributed by atoms with van der Waals surface area (Å²) in [4.78, 5) is 0. The van der Waals surface area contributed by atoms with Gasteiger partial charge in [-0.05, 0) is 46.5 Å². The fourth-order valence-electron chi connectivity index (χ4n) is 2.62. The first-order valence-electron chi connectivity index (χ1n) is 6.74. The van der Waals surface area contributed by atoms with Gasteiger partial charge in [-0.2, -0.15) is 26.3 Å². The van der Waals surface area contributed by atoms with Crippen LogP contribution in [-0.2, 0) is 0 Å².